The van der Waals surface area contributed by atoms with Crippen LogP contribution in [0.2, 0.25) is 0 Å². The van der Waals surface area contributed by atoms with Crippen LogP contribution in [0.3, 0.4) is 0 Å². The lowest BCUT2D eigenvalue weighted by atomic mass is 10.1. The van der Waals surface area contributed by atoms with Crippen LogP contribution in [0.5, 0.6) is 0 Å². The topological polar surface area (TPSA) is 37.8 Å². The lowest BCUT2D eigenvalue weighted by Gasteiger charge is -2.12. The first-order valence-electron chi connectivity index (χ1n) is 4.59. The zero-order valence-electron chi connectivity index (χ0n) is 7.83. The van der Waals surface area contributed by atoms with E-state index in [-0.39, 0.29) is 0 Å². The van der Waals surface area contributed by atoms with Gasteiger partial charge in [-0.3, -0.25) is 0 Å². The molecule has 0 fully saturated rings. The van der Waals surface area contributed by atoms with Crippen LogP contribution in [-0.4, -0.2) is 23.1 Å². The van der Waals surface area contributed by atoms with Crippen molar-refractivity contribution in [1.29, 1.82) is 0 Å². The molecule has 0 saturated carbocycles. The van der Waals surface area contributed by atoms with E-state index in [0.717, 1.165) is 30.9 Å². The molecular formula is C11H11N3. The van der Waals surface area contributed by atoms with Crippen LogP contribution in [-0.2, 0) is 0 Å². The molecule has 0 amide bonds. The summed E-state index contributed by atoms with van der Waals surface area (Å²) in [6.07, 6.45) is 11.7. The van der Waals surface area contributed by atoms with Crippen LogP contribution in [0, 0.1) is 12.3 Å². The predicted molar refractivity (Wildman–Crippen MR) is 55.4 cm³/mol. The molecule has 1 aliphatic rings. The second-order valence-electron chi connectivity index (χ2n) is 3.12. The van der Waals surface area contributed by atoms with Crippen molar-refractivity contribution in [1.82, 2.24) is 15.3 Å². The van der Waals surface area contributed by atoms with Crippen molar-refractivity contribution in [3.05, 3.63) is 29.9 Å². The highest BCUT2D eigenvalue weighted by molar-refractivity contribution is 5.60. The third-order valence-corrected chi connectivity index (χ3v) is 2.17. The summed E-state index contributed by atoms with van der Waals surface area (Å²) in [7, 11) is 0. The first-order valence-corrected chi connectivity index (χ1v) is 4.59. The van der Waals surface area contributed by atoms with E-state index in [2.05, 4.69) is 27.3 Å². The Bertz CT molecular complexity index is 384. The van der Waals surface area contributed by atoms with Gasteiger partial charge in [-0.25, -0.2) is 9.97 Å². The van der Waals surface area contributed by atoms with Gasteiger partial charge in [0.25, 0.3) is 0 Å². The summed E-state index contributed by atoms with van der Waals surface area (Å²) in [4.78, 5) is 8.45. The number of hydrogen-bond acceptors (Lipinski definition) is 3. The number of rotatable bonds is 1. The zero-order chi connectivity index (χ0) is 9.80. The summed E-state index contributed by atoms with van der Waals surface area (Å²) in [5.41, 5.74) is 1.93. The fourth-order valence-electron chi connectivity index (χ4n) is 1.39. The fourth-order valence-corrected chi connectivity index (χ4v) is 1.39. The van der Waals surface area contributed by atoms with Crippen molar-refractivity contribution in [3.8, 4) is 12.3 Å². The predicted octanol–water partition coefficient (Wildman–Crippen LogP) is 0.835. The Morgan fingerprint density at radius 2 is 2.14 bits per heavy atom. The van der Waals surface area contributed by atoms with E-state index in [0.29, 0.717) is 0 Å². The molecule has 0 aromatic carbocycles. The molecule has 2 rings (SSSR count). The SMILES string of the molecule is C#Cc1cnc(C2=CCNCC2)nc1. The third kappa shape index (κ3) is 1.81. The normalized spacial score (nSPS) is 15.8. The quantitative estimate of drug-likeness (QED) is 0.659. The highest BCUT2D eigenvalue weighted by Gasteiger charge is 2.07. The molecule has 1 aliphatic heterocycles. The number of nitrogens with one attached hydrogen (secondary N) is 1. The molecule has 0 aliphatic carbocycles. The average Bonchev–Trinajstić information content (AvgIpc) is 2.30. The van der Waals surface area contributed by atoms with Crippen LogP contribution in [0.4, 0.5) is 0 Å². The van der Waals surface area contributed by atoms with Gasteiger partial charge in [0, 0.05) is 18.9 Å². The summed E-state index contributed by atoms with van der Waals surface area (Å²) in [5.74, 6) is 3.30. The molecule has 14 heavy (non-hydrogen) atoms. The van der Waals surface area contributed by atoms with Crippen molar-refractivity contribution in [3.63, 3.8) is 0 Å². The Morgan fingerprint density at radius 1 is 1.36 bits per heavy atom. The van der Waals surface area contributed by atoms with Crippen LogP contribution in [0.15, 0.2) is 18.5 Å². The molecule has 1 N–H and O–H groups in total. The Kier molecular flexibility index (Phi) is 2.57. The first-order chi connectivity index (χ1) is 6.90. The molecule has 1 aromatic rings. The fraction of sp³-hybridized carbons (Fsp3) is 0.273. The smallest absolute Gasteiger partial charge is 0.154 e. The maximum absolute atomic E-state index is 5.22. The van der Waals surface area contributed by atoms with Gasteiger partial charge in [-0.1, -0.05) is 12.0 Å². The lowest BCUT2D eigenvalue weighted by molar-refractivity contribution is 0.734. The van der Waals surface area contributed by atoms with Crippen LogP contribution in [0.1, 0.15) is 17.8 Å². The molecule has 0 radical (unpaired) electrons. The van der Waals surface area contributed by atoms with Gasteiger partial charge < -0.3 is 5.32 Å². The van der Waals surface area contributed by atoms with E-state index in [1.807, 2.05) is 0 Å². The second kappa shape index (κ2) is 4.03. The van der Waals surface area contributed by atoms with Gasteiger partial charge in [0.1, 0.15) is 0 Å². The summed E-state index contributed by atoms with van der Waals surface area (Å²) >= 11 is 0. The molecule has 1 aromatic heterocycles. The van der Waals surface area contributed by atoms with Gasteiger partial charge in [0.15, 0.2) is 5.82 Å². The van der Waals surface area contributed by atoms with Gasteiger partial charge in [0.2, 0.25) is 0 Å². The molecule has 0 unspecified atom stereocenters. The van der Waals surface area contributed by atoms with Gasteiger partial charge >= 0.3 is 0 Å². The highest BCUT2D eigenvalue weighted by atomic mass is 14.9. The number of terminal acetylenes is 1. The number of nitrogens with zero attached hydrogens (tertiary/aromatic N) is 2. The molecule has 0 spiro atoms. The van der Waals surface area contributed by atoms with Crippen LogP contribution >= 0.6 is 0 Å². The Balaban J connectivity index is 2.25. The van der Waals surface area contributed by atoms with E-state index >= 15 is 0 Å². The van der Waals surface area contributed by atoms with Crippen LogP contribution in [0.25, 0.3) is 5.57 Å². The number of hydrogen-bond donors (Lipinski definition) is 1. The van der Waals surface area contributed by atoms with Crippen molar-refractivity contribution in [2.24, 2.45) is 0 Å². The largest absolute Gasteiger partial charge is 0.313 e. The van der Waals surface area contributed by atoms with Crippen molar-refractivity contribution >= 4 is 5.57 Å². The van der Waals surface area contributed by atoms with Gasteiger partial charge in [-0.15, -0.1) is 6.42 Å². The molecular weight excluding hydrogens is 174 g/mol. The van der Waals surface area contributed by atoms with Crippen molar-refractivity contribution < 1.29 is 0 Å². The van der Waals surface area contributed by atoms with E-state index in [4.69, 9.17) is 6.42 Å². The van der Waals surface area contributed by atoms with E-state index in [1.165, 1.54) is 5.57 Å². The molecule has 70 valence electrons. The summed E-state index contributed by atoms with van der Waals surface area (Å²) < 4.78 is 0. The minimum atomic E-state index is 0.725. The molecule has 3 heteroatoms. The third-order valence-electron chi connectivity index (χ3n) is 2.17. The molecule has 2 heterocycles. The average molecular weight is 185 g/mol. The molecule has 3 nitrogen and oxygen atoms in total. The number of aromatic nitrogens is 2. The monoisotopic (exact) mass is 185 g/mol. The summed E-state index contributed by atoms with van der Waals surface area (Å²) in [6, 6.07) is 0. The van der Waals surface area contributed by atoms with Gasteiger partial charge in [0.05, 0.1) is 5.56 Å². The second-order valence-corrected chi connectivity index (χ2v) is 3.12. The lowest BCUT2D eigenvalue weighted by Crippen LogP contribution is -2.20. The first kappa shape index (κ1) is 8.92. The molecule has 0 saturated heterocycles. The summed E-state index contributed by atoms with van der Waals surface area (Å²) in [6.45, 7) is 1.89. The van der Waals surface area contributed by atoms with Crippen LogP contribution < -0.4 is 5.32 Å². The van der Waals surface area contributed by atoms with E-state index in [1.54, 1.807) is 12.4 Å². The minimum Gasteiger partial charge on any atom is -0.313 e. The maximum Gasteiger partial charge on any atom is 0.154 e. The molecule has 0 atom stereocenters. The van der Waals surface area contributed by atoms with Crippen molar-refractivity contribution in [2.75, 3.05) is 13.1 Å². The van der Waals surface area contributed by atoms with Crippen molar-refractivity contribution in [2.45, 2.75) is 6.42 Å². The Labute approximate surface area is 83.3 Å². The Hall–Kier alpha value is -1.66. The minimum absolute atomic E-state index is 0.725. The summed E-state index contributed by atoms with van der Waals surface area (Å²) in [5, 5.41) is 3.24. The van der Waals surface area contributed by atoms with Gasteiger partial charge in [-0.05, 0) is 18.5 Å². The maximum atomic E-state index is 5.22. The van der Waals surface area contributed by atoms with E-state index in [9.17, 15) is 0 Å². The van der Waals surface area contributed by atoms with Gasteiger partial charge in [-0.2, -0.15) is 0 Å². The standard InChI is InChI=1S/C11H11N3/c1-2-9-7-13-11(14-8-9)10-3-5-12-6-4-10/h1,3,7-8,12H,4-6H2. The highest BCUT2D eigenvalue weighted by Crippen LogP contribution is 2.14. The Morgan fingerprint density at radius 3 is 2.71 bits per heavy atom. The van der Waals surface area contributed by atoms with E-state index < -0.39 is 0 Å². The zero-order valence-corrected chi connectivity index (χ0v) is 7.83. The molecule has 0 bridgehead atoms.